The van der Waals surface area contributed by atoms with Gasteiger partial charge < -0.3 is 0 Å². The maximum absolute atomic E-state index is 13.1. The monoisotopic (exact) mass is 389 g/mol. The van der Waals surface area contributed by atoms with Crippen LogP contribution >= 0.6 is 7.26 Å². The standard InChI is InChI=1S/C24H22O3P/c1-19(26)24(18-25,20(2)27)28(21-12-6-3-7-13-21,22-14-8-4-9-15-22)23-16-10-5-11-17-23/h3-18H,1-2H3/q+1. The Morgan fingerprint density at radius 2 is 0.929 bits per heavy atom. The van der Waals surface area contributed by atoms with Crippen molar-refractivity contribution in [2.75, 3.05) is 0 Å². The van der Waals surface area contributed by atoms with Crippen LogP contribution in [0.4, 0.5) is 0 Å². The number of benzene rings is 3. The van der Waals surface area contributed by atoms with Crippen LogP contribution in [-0.2, 0) is 14.4 Å². The molecule has 0 saturated carbocycles. The Balaban J connectivity index is 2.61. The first kappa shape index (κ1) is 19.9. The molecule has 0 fully saturated rings. The van der Waals surface area contributed by atoms with Gasteiger partial charge in [-0.15, -0.1) is 0 Å². The van der Waals surface area contributed by atoms with Crippen LogP contribution in [0.2, 0.25) is 0 Å². The van der Waals surface area contributed by atoms with E-state index in [1.54, 1.807) is 0 Å². The van der Waals surface area contributed by atoms with Gasteiger partial charge in [-0.1, -0.05) is 54.6 Å². The van der Waals surface area contributed by atoms with Gasteiger partial charge >= 0.3 is 0 Å². The summed E-state index contributed by atoms with van der Waals surface area (Å²) in [6.45, 7) is 2.69. The minimum Gasteiger partial charge on any atom is -0.298 e. The molecule has 3 rings (SSSR count). The molecule has 4 heteroatoms. The van der Waals surface area contributed by atoms with E-state index >= 15 is 0 Å². The van der Waals surface area contributed by atoms with Crippen molar-refractivity contribution in [3.63, 3.8) is 0 Å². The average molecular weight is 389 g/mol. The Morgan fingerprint density at radius 3 is 1.14 bits per heavy atom. The van der Waals surface area contributed by atoms with E-state index in [1.807, 2.05) is 91.0 Å². The molecule has 0 N–H and O–H groups in total. The van der Waals surface area contributed by atoms with Crippen LogP contribution < -0.4 is 15.9 Å². The molecule has 0 aliphatic rings. The molecular formula is C24H22O3P+. The van der Waals surface area contributed by atoms with Crippen LogP contribution in [0, 0.1) is 0 Å². The lowest BCUT2D eigenvalue weighted by molar-refractivity contribution is -0.131. The van der Waals surface area contributed by atoms with Crippen LogP contribution in [0.1, 0.15) is 13.8 Å². The first-order valence-electron chi connectivity index (χ1n) is 9.06. The first-order chi connectivity index (χ1) is 13.5. The van der Waals surface area contributed by atoms with Crippen molar-refractivity contribution in [3.05, 3.63) is 91.0 Å². The first-order valence-corrected chi connectivity index (χ1v) is 10.8. The number of hydrogen-bond donors (Lipinski definition) is 0. The number of Topliss-reactive ketones (excluding diaryl/α,β-unsaturated/α-hetero) is 2. The smallest absolute Gasteiger partial charge is 0.262 e. The Bertz CT molecular complexity index is 871. The third-order valence-corrected chi connectivity index (χ3v) is 10.2. The van der Waals surface area contributed by atoms with E-state index in [9.17, 15) is 14.4 Å². The van der Waals surface area contributed by atoms with Crippen molar-refractivity contribution in [2.45, 2.75) is 19.0 Å². The van der Waals surface area contributed by atoms with E-state index in [0.717, 1.165) is 15.9 Å². The average Bonchev–Trinajstić information content (AvgIpc) is 2.73. The molecule has 0 heterocycles. The van der Waals surface area contributed by atoms with Crippen molar-refractivity contribution in [1.29, 1.82) is 0 Å². The Kier molecular flexibility index (Phi) is 5.67. The summed E-state index contributed by atoms with van der Waals surface area (Å²) in [7, 11) is -2.97. The van der Waals surface area contributed by atoms with Gasteiger partial charge in [-0.3, -0.25) is 14.4 Å². The quantitative estimate of drug-likeness (QED) is 0.355. The summed E-state index contributed by atoms with van der Waals surface area (Å²) in [6, 6.07) is 28.4. The van der Waals surface area contributed by atoms with E-state index in [2.05, 4.69) is 0 Å². The highest BCUT2D eigenvalue weighted by molar-refractivity contribution is 7.99. The second kappa shape index (κ2) is 8.00. The maximum atomic E-state index is 13.1. The summed E-state index contributed by atoms with van der Waals surface area (Å²) in [6.07, 6.45) is 0.582. The minimum atomic E-state index is -2.97. The molecule has 3 nitrogen and oxygen atoms in total. The van der Waals surface area contributed by atoms with Gasteiger partial charge in [0.2, 0.25) is 0 Å². The molecule has 3 aromatic rings. The highest BCUT2D eigenvalue weighted by Crippen LogP contribution is 2.65. The summed E-state index contributed by atoms with van der Waals surface area (Å²) in [4.78, 5) is 38.8. The Morgan fingerprint density at radius 1 is 0.643 bits per heavy atom. The lowest BCUT2D eigenvalue weighted by Gasteiger charge is -2.38. The molecule has 0 unspecified atom stereocenters. The van der Waals surface area contributed by atoms with Gasteiger partial charge in [0.15, 0.2) is 17.9 Å². The molecule has 140 valence electrons. The largest absolute Gasteiger partial charge is 0.298 e. The number of hydrogen-bond acceptors (Lipinski definition) is 3. The second-order valence-corrected chi connectivity index (χ2v) is 10.3. The van der Waals surface area contributed by atoms with Crippen LogP contribution in [0.25, 0.3) is 0 Å². The Labute approximate surface area is 165 Å². The van der Waals surface area contributed by atoms with E-state index in [-0.39, 0.29) is 0 Å². The summed E-state index contributed by atoms with van der Waals surface area (Å²) in [5.74, 6) is -0.861. The van der Waals surface area contributed by atoms with Gasteiger partial charge in [0, 0.05) is 0 Å². The van der Waals surface area contributed by atoms with Crippen molar-refractivity contribution >= 4 is 41.0 Å². The zero-order valence-electron chi connectivity index (χ0n) is 15.9. The number of aldehydes is 1. The van der Waals surface area contributed by atoms with Gasteiger partial charge in [0.05, 0.1) is 0 Å². The minimum absolute atomic E-state index is 0.431. The summed E-state index contributed by atoms with van der Waals surface area (Å²) in [5.41, 5.74) is 0. The highest BCUT2D eigenvalue weighted by Gasteiger charge is 2.69. The molecule has 0 saturated heterocycles. The van der Waals surface area contributed by atoms with Crippen LogP contribution in [-0.4, -0.2) is 23.0 Å². The highest BCUT2D eigenvalue weighted by atomic mass is 31.2. The summed E-state index contributed by atoms with van der Waals surface area (Å²) < 4.78 is 0. The summed E-state index contributed by atoms with van der Waals surface area (Å²) in [5, 5.41) is 0.691. The van der Waals surface area contributed by atoms with Gasteiger partial charge in [-0.25, -0.2) is 0 Å². The molecule has 0 spiro atoms. The topological polar surface area (TPSA) is 51.2 Å². The normalized spacial score (nSPS) is 11.6. The summed E-state index contributed by atoms with van der Waals surface area (Å²) >= 11 is 0. The fourth-order valence-corrected chi connectivity index (χ4v) is 9.06. The molecule has 0 bridgehead atoms. The van der Waals surface area contributed by atoms with Gasteiger partial charge in [0.1, 0.15) is 23.2 Å². The zero-order chi connectivity index (χ0) is 20.2. The maximum Gasteiger partial charge on any atom is 0.262 e. The third kappa shape index (κ3) is 2.83. The number of carbonyl (C=O) groups is 3. The predicted molar refractivity (Wildman–Crippen MR) is 115 cm³/mol. The zero-order valence-corrected chi connectivity index (χ0v) is 16.8. The second-order valence-electron chi connectivity index (χ2n) is 6.67. The van der Waals surface area contributed by atoms with E-state index in [1.165, 1.54) is 13.8 Å². The molecule has 3 aromatic carbocycles. The fourth-order valence-electron chi connectivity index (χ4n) is 3.98. The van der Waals surface area contributed by atoms with Crippen LogP contribution in [0.15, 0.2) is 91.0 Å². The van der Waals surface area contributed by atoms with E-state index < -0.39 is 24.0 Å². The predicted octanol–water partition coefficient (Wildman–Crippen LogP) is 3.10. The molecule has 0 aliphatic carbocycles. The molecular weight excluding hydrogens is 367 g/mol. The van der Waals surface area contributed by atoms with E-state index in [0.29, 0.717) is 6.29 Å². The van der Waals surface area contributed by atoms with Crippen LogP contribution in [0.5, 0.6) is 0 Å². The van der Waals surface area contributed by atoms with Crippen molar-refractivity contribution in [1.82, 2.24) is 0 Å². The molecule has 0 amide bonds. The Hall–Kier alpha value is -2.90. The number of rotatable bonds is 7. The molecule has 28 heavy (non-hydrogen) atoms. The third-order valence-electron chi connectivity index (χ3n) is 5.20. The SMILES string of the molecule is CC(=O)C(C=O)(C(C)=O)[P+](c1ccccc1)(c1ccccc1)c1ccccc1. The number of ketones is 2. The van der Waals surface area contributed by atoms with Gasteiger partial charge in [0.25, 0.3) is 5.16 Å². The van der Waals surface area contributed by atoms with Gasteiger partial charge in [-0.05, 0) is 50.2 Å². The lowest BCUT2D eigenvalue weighted by Crippen LogP contribution is -2.57. The van der Waals surface area contributed by atoms with Gasteiger partial charge in [-0.2, -0.15) is 0 Å². The molecule has 0 radical (unpaired) electrons. The fraction of sp³-hybridized carbons (Fsp3) is 0.125. The lowest BCUT2D eigenvalue weighted by atomic mass is 10.0. The van der Waals surface area contributed by atoms with E-state index in [4.69, 9.17) is 0 Å². The van der Waals surface area contributed by atoms with Crippen molar-refractivity contribution < 1.29 is 14.4 Å². The van der Waals surface area contributed by atoms with Crippen molar-refractivity contribution in [2.24, 2.45) is 0 Å². The molecule has 0 aliphatic heterocycles. The van der Waals surface area contributed by atoms with Crippen LogP contribution in [0.3, 0.4) is 0 Å². The molecule has 0 atom stereocenters. The number of carbonyl (C=O) groups excluding carboxylic acids is 3. The van der Waals surface area contributed by atoms with Crippen molar-refractivity contribution in [3.8, 4) is 0 Å². The molecule has 0 aromatic heterocycles.